The average molecular weight is 286 g/mol. The quantitative estimate of drug-likeness (QED) is 0.831. The van der Waals surface area contributed by atoms with E-state index in [-0.39, 0.29) is 12.5 Å². The number of carbonyl (C=O) groups excluding carboxylic acids is 1. The van der Waals surface area contributed by atoms with E-state index < -0.39 is 5.82 Å². The van der Waals surface area contributed by atoms with Gasteiger partial charge in [0.25, 0.3) is 5.91 Å². The zero-order chi connectivity index (χ0) is 15.2. The fourth-order valence-corrected chi connectivity index (χ4v) is 1.87. The van der Waals surface area contributed by atoms with Gasteiger partial charge in [0.15, 0.2) is 0 Å². The van der Waals surface area contributed by atoms with E-state index in [2.05, 4.69) is 22.0 Å². The number of nitrogens with one attached hydrogen (secondary N) is 1. The molecule has 3 N–H and O–H groups in total. The summed E-state index contributed by atoms with van der Waals surface area (Å²) in [5, 5.41) is 6.51. The van der Waals surface area contributed by atoms with Crippen LogP contribution in [0.1, 0.15) is 21.5 Å². The van der Waals surface area contributed by atoms with Gasteiger partial charge in [0.1, 0.15) is 5.82 Å². The van der Waals surface area contributed by atoms with Crippen molar-refractivity contribution < 1.29 is 9.18 Å². The number of halogens is 1. The van der Waals surface area contributed by atoms with Crippen molar-refractivity contribution in [2.24, 2.45) is 5.73 Å². The molecule has 0 unspecified atom stereocenters. The normalized spacial score (nSPS) is 9.86. The number of amides is 1. The number of nitrogens with two attached hydrogens (primary N) is 1. The molecule has 0 saturated carbocycles. The van der Waals surface area contributed by atoms with Gasteiger partial charge in [-0.25, -0.2) is 4.39 Å². The molecule has 0 atom stereocenters. The molecule has 0 radical (unpaired) electrons. The van der Waals surface area contributed by atoms with Crippen LogP contribution in [-0.2, 0) is 6.54 Å². The number of rotatable bonds is 3. The highest BCUT2D eigenvalue weighted by atomic mass is 19.1. The molecule has 0 aliphatic heterocycles. The molecule has 0 spiro atoms. The summed E-state index contributed by atoms with van der Waals surface area (Å²) in [6, 6.07) is 3.91. The van der Waals surface area contributed by atoms with E-state index in [1.165, 1.54) is 23.1 Å². The number of hydrogen-bond acceptors (Lipinski definition) is 3. The number of aromatic nitrogens is 2. The van der Waals surface area contributed by atoms with Crippen LogP contribution >= 0.6 is 0 Å². The number of carbonyl (C=O) groups is 1. The summed E-state index contributed by atoms with van der Waals surface area (Å²) >= 11 is 0. The molecule has 0 bridgehead atoms. The Hall–Kier alpha value is -2.65. The molecule has 21 heavy (non-hydrogen) atoms. The molecule has 1 aromatic heterocycles. The van der Waals surface area contributed by atoms with Gasteiger partial charge < -0.3 is 10.6 Å². The highest BCUT2D eigenvalue weighted by Gasteiger charge is 2.16. The number of benzene rings is 1. The van der Waals surface area contributed by atoms with Gasteiger partial charge in [0.2, 0.25) is 0 Å². The van der Waals surface area contributed by atoms with Crippen molar-refractivity contribution in [3.05, 3.63) is 53.1 Å². The summed E-state index contributed by atoms with van der Waals surface area (Å²) in [5.41, 5.74) is 6.88. The Balaban J connectivity index is 2.25. The molecule has 0 saturated heterocycles. The van der Waals surface area contributed by atoms with E-state index in [1.54, 1.807) is 19.4 Å². The Morgan fingerprint density at radius 2 is 2.33 bits per heavy atom. The molecule has 5 nitrogen and oxygen atoms in total. The first-order valence-corrected chi connectivity index (χ1v) is 6.33. The number of aromatic amines is 1. The predicted octanol–water partition coefficient (Wildman–Crippen LogP) is 1.13. The minimum atomic E-state index is -0.439. The Morgan fingerprint density at radius 3 is 3.00 bits per heavy atom. The van der Waals surface area contributed by atoms with Crippen LogP contribution in [0, 0.1) is 17.7 Å². The minimum Gasteiger partial charge on any atom is -0.337 e. The monoisotopic (exact) mass is 286 g/mol. The first-order valence-electron chi connectivity index (χ1n) is 6.33. The lowest BCUT2D eigenvalue weighted by molar-refractivity contribution is 0.0785. The largest absolute Gasteiger partial charge is 0.337 e. The van der Waals surface area contributed by atoms with Gasteiger partial charge in [-0.3, -0.25) is 9.89 Å². The lowest BCUT2D eigenvalue weighted by atomic mass is 10.1. The molecule has 108 valence electrons. The van der Waals surface area contributed by atoms with Crippen molar-refractivity contribution in [1.82, 2.24) is 15.1 Å². The third-order valence-electron chi connectivity index (χ3n) is 2.86. The third kappa shape index (κ3) is 3.68. The smallest absolute Gasteiger partial charge is 0.255 e. The zero-order valence-corrected chi connectivity index (χ0v) is 11.6. The van der Waals surface area contributed by atoms with Crippen molar-refractivity contribution in [2.75, 3.05) is 13.6 Å². The van der Waals surface area contributed by atoms with Crippen molar-refractivity contribution in [3.63, 3.8) is 0 Å². The molecule has 2 aromatic rings. The highest BCUT2D eigenvalue weighted by Crippen LogP contribution is 2.14. The molecule has 0 aliphatic carbocycles. The summed E-state index contributed by atoms with van der Waals surface area (Å²) in [7, 11) is 1.67. The van der Waals surface area contributed by atoms with Gasteiger partial charge in [0.05, 0.1) is 18.3 Å². The van der Waals surface area contributed by atoms with Gasteiger partial charge >= 0.3 is 0 Å². The fraction of sp³-hybridized carbons (Fsp3) is 0.200. The fourth-order valence-electron chi connectivity index (χ4n) is 1.87. The average Bonchev–Trinajstić information content (AvgIpc) is 2.97. The molecular weight excluding hydrogens is 271 g/mol. The first kappa shape index (κ1) is 14.8. The van der Waals surface area contributed by atoms with Crippen LogP contribution in [0.4, 0.5) is 4.39 Å². The van der Waals surface area contributed by atoms with Crippen molar-refractivity contribution in [2.45, 2.75) is 6.54 Å². The highest BCUT2D eigenvalue weighted by molar-refractivity contribution is 5.96. The van der Waals surface area contributed by atoms with Crippen LogP contribution in [-0.4, -0.2) is 34.6 Å². The topological polar surface area (TPSA) is 75.0 Å². The second kappa shape index (κ2) is 6.68. The summed E-state index contributed by atoms with van der Waals surface area (Å²) < 4.78 is 13.3. The minimum absolute atomic E-state index is 0.148. The standard InChI is InChI=1S/C15H15FN4O/c1-20(10-11-8-18-19-9-11)15(21)14-5-4-13(16)7-12(14)3-2-6-17/h4-5,7-9H,6,10,17H2,1H3,(H,18,19). The van der Waals surface area contributed by atoms with E-state index >= 15 is 0 Å². The Morgan fingerprint density at radius 1 is 1.52 bits per heavy atom. The van der Waals surface area contributed by atoms with Crippen molar-refractivity contribution in [1.29, 1.82) is 0 Å². The Bertz CT molecular complexity index is 685. The Labute approximate surface area is 122 Å². The summed E-state index contributed by atoms with van der Waals surface area (Å²) in [4.78, 5) is 14.0. The van der Waals surface area contributed by atoms with Gasteiger partial charge in [-0.15, -0.1) is 0 Å². The van der Waals surface area contributed by atoms with Crippen LogP contribution in [0.5, 0.6) is 0 Å². The third-order valence-corrected chi connectivity index (χ3v) is 2.86. The zero-order valence-electron chi connectivity index (χ0n) is 11.6. The van der Waals surface area contributed by atoms with Crippen LogP contribution in [0.15, 0.2) is 30.6 Å². The second-order valence-corrected chi connectivity index (χ2v) is 4.46. The SMILES string of the molecule is CN(Cc1cn[nH]c1)C(=O)c1ccc(F)cc1C#CCN. The van der Waals surface area contributed by atoms with E-state index in [0.717, 1.165) is 5.56 Å². The molecule has 0 aliphatic rings. The molecule has 2 rings (SSSR count). The predicted molar refractivity (Wildman–Crippen MR) is 76.7 cm³/mol. The van der Waals surface area contributed by atoms with E-state index in [9.17, 15) is 9.18 Å². The molecule has 6 heteroatoms. The van der Waals surface area contributed by atoms with Crippen LogP contribution < -0.4 is 5.73 Å². The van der Waals surface area contributed by atoms with Crippen molar-refractivity contribution in [3.8, 4) is 11.8 Å². The molecular formula is C15H15FN4O. The number of H-pyrrole nitrogens is 1. The lowest BCUT2D eigenvalue weighted by Gasteiger charge is -2.17. The molecule has 0 fully saturated rings. The van der Waals surface area contributed by atoms with E-state index in [4.69, 9.17) is 5.73 Å². The van der Waals surface area contributed by atoms with E-state index in [1.807, 2.05) is 0 Å². The van der Waals surface area contributed by atoms with Crippen LogP contribution in [0.25, 0.3) is 0 Å². The lowest BCUT2D eigenvalue weighted by Crippen LogP contribution is -2.26. The van der Waals surface area contributed by atoms with Crippen molar-refractivity contribution >= 4 is 5.91 Å². The maximum atomic E-state index is 13.3. The summed E-state index contributed by atoms with van der Waals surface area (Å²) in [6.07, 6.45) is 3.35. The molecule has 1 amide bonds. The van der Waals surface area contributed by atoms with Crippen LogP contribution in [0.2, 0.25) is 0 Å². The maximum absolute atomic E-state index is 13.3. The maximum Gasteiger partial charge on any atom is 0.255 e. The number of hydrogen-bond donors (Lipinski definition) is 2. The van der Waals surface area contributed by atoms with Gasteiger partial charge in [-0.2, -0.15) is 5.10 Å². The van der Waals surface area contributed by atoms with Gasteiger partial charge in [-0.1, -0.05) is 11.8 Å². The Kier molecular flexibility index (Phi) is 4.69. The molecule has 1 aromatic carbocycles. The van der Waals surface area contributed by atoms with Crippen LogP contribution in [0.3, 0.4) is 0 Å². The van der Waals surface area contributed by atoms with E-state index in [0.29, 0.717) is 17.7 Å². The molecule has 1 heterocycles. The summed E-state index contributed by atoms with van der Waals surface area (Å²) in [5.74, 6) is 4.69. The first-order chi connectivity index (χ1) is 10.1. The summed E-state index contributed by atoms with van der Waals surface area (Å²) in [6.45, 7) is 0.547. The van der Waals surface area contributed by atoms with Gasteiger partial charge in [0, 0.05) is 30.9 Å². The van der Waals surface area contributed by atoms with Gasteiger partial charge in [-0.05, 0) is 18.2 Å². The second-order valence-electron chi connectivity index (χ2n) is 4.46. The number of nitrogens with zero attached hydrogens (tertiary/aromatic N) is 2.